The smallest absolute Gasteiger partial charge is 0.293 e. The van der Waals surface area contributed by atoms with Crippen LogP contribution in [0.15, 0.2) is 119 Å². The minimum Gasteiger partial charge on any atom is -0.497 e. The van der Waals surface area contributed by atoms with Crippen molar-refractivity contribution < 1.29 is 42.8 Å². The number of anilines is 2. The van der Waals surface area contributed by atoms with Crippen LogP contribution in [0.5, 0.6) is 28.7 Å². The van der Waals surface area contributed by atoms with Gasteiger partial charge in [0.1, 0.15) is 12.4 Å². The maximum atomic E-state index is 13.8. The fourth-order valence-electron chi connectivity index (χ4n) is 8.12. The number of nitrogens with zero attached hydrogens (tertiary/aromatic N) is 4. The lowest BCUT2D eigenvalue weighted by atomic mass is 10.0. The Bertz CT molecular complexity index is 2580. The Kier molecular flexibility index (Phi) is 18.8. The summed E-state index contributed by atoms with van der Waals surface area (Å²) in [6.45, 7) is 9.41. The molecule has 15 heteroatoms. The second kappa shape index (κ2) is 25.5. The Balaban J connectivity index is 0.000000446. The van der Waals surface area contributed by atoms with Gasteiger partial charge < -0.3 is 48.9 Å². The number of carbonyl (C=O) groups is 3. The third-order valence-electron chi connectivity index (χ3n) is 11.8. The minimum absolute atomic E-state index is 0.145. The van der Waals surface area contributed by atoms with Crippen molar-refractivity contribution in [2.75, 3.05) is 59.3 Å². The zero-order valence-corrected chi connectivity index (χ0v) is 42.0. The molecule has 0 aliphatic carbocycles. The topological polar surface area (TPSA) is 162 Å². The maximum Gasteiger partial charge on any atom is 0.293 e. The first kappa shape index (κ1) is 52.3. The van der Waals surface area contributed by atoms with Gasteiger partial charge in [0.15, 0.2) is 23.0 Å². The van der Waals surface area contributed by atoms with Crippen LogP contribution < -0.4 is 34.3 Å². The Morgan fingerprint density at radius 3 is 1.44 bits per heavy atom. The summed E-state index contributed by atoms with van der Waals surface area (Å²) in [5.41, 5.74) is 9.21. The molecular weight excluding hydrogens is 901 g/mol. The van der Waals surface area contributed by atoms with E-state index >= 15 is 0 Å². The molecule has 5 aromatic carbocycles. The molecule has 372 valence electrons. The SMILES string of the molecule is CC.CC.CNc1ccc(C2=CN3C(=O)c4cc(OC)c(OCCCOc5cc6c(cc5OC)C(=O)N5C=C(c7ccc(OC)cc7)CC5C=N6)cc4N=CC3C2)cc1.CNc1ccc(COC=O)cc1. The van der Waals surface area contributed by atoms with E-state index in [0.717, 1.165) is 45.0 Å². The number of aliphatic imine (C=N–C) groups is 2. The van der Waals surface area contributed by atoms with Crippen LogP contribution in [0.3, 0.4) is 0 Å². The third kappa shape index (κ3) is 12.4. The number of carbonyl (C=O) groups excluding carboxylic acids is 3. The predicted molar refractivity (Wildman–Crippen MR) is 282 cm³/mol. The number of methoxy groups -OCH3 is 3. The van der Waals surface area contributed by atoms with Crippen LogP contribution in [0.4, 0.5) is 22.7 Å². The van der Waals surface area contributed by atoms with E-state index in [1.807, 2.05) is 127 Å². The number of hydrogen-bond acceptors (Lipinski definition) is 13. The molecule has 0 bridgehead atoms. The minimum atomic E-state index is -0.202. The van der Waals surface area contributed by atoms with Crippen LogP contribution >= 0.6 is 0 Å². The number of nitrogens with one attached hydrogen (secondary N) is 2. The predicted octanol–water partition coefficient (Wildman–Crippen LogP) is 11.0. The Hall–Kier alpha value is -8.07. The van der Waals surface area contributed by atoms with Crippen molar-refractivity contribution in [1.82, 2.24) is 9.80 Å². The van der Waals surface area contributed by atoms with E-state index in [1.54, 1.807) is 55.4 Å². The van der Waals surface area contributed by atoms with Gasteiger partial charge in [-0.05, 0) is 76.4 Å². The average Bonchev–Trinajstić information content (AvgIpc) is 4.01. The van der Waals surface area contributed by atoms with Gasteiger partial charge in [0, 0.05) is 81.7 Å². The van der Waals surface area contributed by atoms with E-state index in [4.69, 9.17) is 33.7 Å². The second-order valence-electron chi connectivity index (χ2n) is 15.8. The van der Waals surface area contributed by atoms with Crippen LogP contribution in [-0.4, -0.2) is 101 Å². The second-order valence-corrected chi connectivity index (χ2v) is 15.8. The van der Waals surface area contributed by atoms with E-state index in [-0.39, 0.29) is 23.9 Å². The van der Waals surface area contributed by atoms with Crippen LogP contribution in [-0.2, 0) is 16.1 Å². The summed E-state index contributed by atoms with van der Waals surface area (Å²) in [7, 11) is 8.47. The van der Waals surface area contributed by atoms with E-state index in [2.05, 4.69) is 27.5 Å². The molecule has 15 nitrogen and oxygen atoms in total. The highest BCUT2D eigenvalue weighted by Gasteiger charge is 2.35. The van der Waals surface area contributed by atoms with Crippen molar-refractivity contribution in [3.63, 3.8) is 0 Å². The molecule has 5 aromatic rings. The molecular formula is C56H64N6O9. The largest absolute Gasteiger partial charge is 0.497 e. The van der Waals surface area contributed by atoms with E-state index in [9.17, 15) is 14.4 Å². The van der Waals surface area contributed by atoms with Crippen molar-refractivity contribution in [1.29, 1.82) is 0 Å². The zero-order chi connectivity index (χ0) is 50.9. The lowest BCUT2D eigenvalue weighted by Crippen LogP contribution is -2.32. The number of rotatable bonds is 16. The van der Waals surface area contributed by atoms with Gasteiger partial charge in [-0.1, -0.05) is 64.1 Å². The van der Waals surface area contributed by atoms with Gasteiger partial charge in [-0.3, -0.25) is 24.4 Å². The standard InChI is InChI=1S/C43H41N5O7.C9H11NO2.2C2H6/c1-44-30-10-6-26(7-11-30)28-16-31-22-45-36-20-40(38(52-3)18-34(36)42(49)47(31)24-28)54-14-5-15-55-41-21-37-35(19-39(41)53-4)43(50)48-25-29(17-32(48)23-46-37)27-8-12-33(51-2)13-9-27;1-10-9-4-2-8(3-5-9)6-12-7-11;2*1-2/h6-13,18-25,31-32,44H,5,14-17H2,1-4H3;2-5,7,10H,6H2,1H3;2*1-2H3. The highest BCUT2D eigenvalue weighted by atomic mass is 16.5. The molecule has 4 heterocycles. The molecule has 0 aromatic heterocycles. The first-order valence-corrected chi connectivity index (χ1v) is 23.8. The van der Waals surface area contributed by atoms with Gasteiger partial charge in [0.2, 0.25) is 0 Å². The van der Waals surface area contributed by atoms with Crippen molar-refractivity contribution in [3.05, 3.63) is 137 Å². The number of amides is 2. The summed E-state index contributed by atoms with van der Waals surface area (Å²) in [5.74, 6) is 2.31. The fraction of sp³-hybridized carbons (Fsp3) is 0.304. The third-order valence-corrected chi connectivity index (χ3v) is 11.8. The normalized spacial score (nSPS) is 15.6. The van der Waals surface area contributed by atoms with Crippen molar-refractivity contribution in [2.24, 2.45) is 9.98 Å². The Morgan fingerprint density at radius 2 is 1.03 bits per heavy atom. The molecule has 0 radical (unpaired) electrons. The highest BCUT2D eigenvalue weighted by molar-refractivity contribution is 6.06. The zero-order valence-electron chi connectivity index (χ0n) is 42.0. The Morgan fingerprint density at radius 1 is 0.592 bits per heavy atom. The number of ether oxygens (including phenoxy) is 6. The molecule has 2 amide bonds. The number of hydrogen-bond donors (Lipinski definition) is 2. The summed E-state index contributed by atoms with van der Waals surface area (Å²) in [6, 6.07) is 30.1. The van der Waals surface area contributed by atoms with E-state index in [0.29, 0.717) is 91.1 Å². The molecule has 0 spiro atoms. The van der Waals surface area contributed by atoms with E-state index < -0.39 is 0 Å². The van der Waals surface area contributed by atoms with E-state index in [1.165, 1.54) is 0 Å². The highest BCUT2D eigenvalue weighted by Crippen LogP contribution is 2.42. The van der Waals surface area contributed by atoms with Gasteiger partial charge in [-0.25, -0.2) is 0 Å². The molecule has 2 atom stereocenters. The fourth-order valence-corrected chi connectivity index (χ4v) is 8.12. The summed E-state index contributed by atoms with van der Waals surface area (Å²) in [4.78, 5) is 50.3. The quantitative estimate of drug-likeness (QED) is 0.0715. The molecule has 71 heavy (non-hydrogen) atoms. The molecule has 9 rings (SSSR count). The monoisotopic (exact) mass is 964 g/mol. The molecule has 4 aliphatic heterocycles. The summed E-state index contributed by atoms with van der Waals surface area (Å²) >= 11 is 0. The summed E-state index contributed by atoms with van der Waals surface area (Å²) in [6.07, 6.45) is 9.30. The Labute approximate surface area is 416 Å². The molecule has 0 saturated carbocycles. The summed E-state index contributed by atoms with van der Waals surface area (Å²) in [5, 5.41) is 6.13. The van der Waals surface area contributed by atoms with Crippen LogP contribution in [0.1, 0.15) is 84.4 Å². The first-order chi connectivity index (χ1) is 34.7. The molecule has 4 aliphatic rings. The van der Waals surface area contributed by atoms with Crippen LogP contribution in [0, 0.1) is 0 Å². The van der Waals surface area contributed by atoms with Gasteiger partial charge in [0.05, 0.1) is 69.1 Å². The maximum absolute atomic E-state index is 13.8. The molecule has 2 unspecified atom stereocenters. The van der Waals surface area contributed by atoms with Crippen molar-refractivity contribution in [2.45, 2.75) is 65.6 Å². The van der Waals surface area contributed by atoms with Gasteiger partial charge in [-0.2, -0.15) is 0 Å². The summed E-state index contributed by atoms with van der Waals surface area (Å²) < 4.78 is 33.4. The average molecular weight is 965 g/mol. The van der Waals surface area contributed by atoms with Gasteiger partial charge in [-0.15, -0.1) is 0 Å². The molecule has 0 saturated heterocycles. The molecule has 0 fully saturated rings. The first-order valence-electron chi connectivity index (χ1n) is 23.8. The van der Waals surface area contributed by atoms with Crippen molar-refractivity contribution in [3.8, 4) is 28.7 Å². The van der Waals surface area contributed by atoms with Gasteiger partial charge >= 0.3 is 0 Å². The van der Waals surface area contributed by atoms with Crippen LogP contribution in [0.2, 0.25) is 0 Å². The van der Waals surface area contributed by atoms with Gasteiger partial charge in [0.25, 0.3) is 18.3 Å². The number of benzene rings is 5. The lowest BCUT2D eigenvalue weighted by molar-refractivity contribution is -0.129. The van der Waals surface area contributed by atoms with Crippen molar-refractivity contribution >= 4 is 64.6 Å². The molecule has 2 N–H and O–H groups in total. The van der Waals surface area contributed by atoms with Crippen LogP contribution in [0.25, 0.3) is 11.1 Å². The number of fused-ring (bicyclic) bond motifs is 4. The lowest BCUT2D eigenvalue weighted by Gasteiger charge is -2.19.